The van der Waals surface area contributed by atoms with Crippen LogP contribution in [-0.2, 0) is 11.2 Å². The fourth-order valence-electron chi connectivity index (χ4n) is 5.54. The smallest absolute Gasteiger partial charge is 0.321 e. The number of carbonyl (C=O) groups is 3. The fraction of sp³-hybridized carbons (Fsp3) is 0.600. The predicted octanol–water partition coefficient (Wildman–Crippen LogP) is 4.06. The van der Waals surface area contributed by atoms with E-state index in [9.17, 15) is 19.5 Å². The van der Waals surface area contributed by atoms with Crippen LogP contribution in [0.25, 0.3) is 0 Å². The van der Waals surface area contributed by atoms with Crippen LogP contribution in [-0.4, -0.2) is 83.0 Å². The van der Waals surface area contributed by atoms with Crippen molar-refractivity contribution in [1.29, 1.82) is 0 Å². The Balaban J connectivity index is 1.54. The van der Waals surface area contributed by atoms with Gasteiger partial charge in [0.1, 0.15) is 23.2 Å². The predicted molar refractivity (Wildman–Crippen MR) is 159 cm³/mol. The monoisotopic (exact) mass is 584 g/mol. The quantitative estimate of drug-likeness (QED) is 0.383. The van der Waals surface area contributed by atoms with Gasteiger partial charge in [0.15, 0.2) is 5.76 Å². The molecule has 12 heteroatoms. The number of rotatable bonds is 7. The first-order valence-corrected chi connectivity index (χ1v) is 14.8. The number of anilines is 2. The van der Waals surface area contributed by atoms with Crippen molar-refractivity contribution in [2.24, 2.45) is 5.92 Å². The molecule has 42 heavy (non-hydrogen) atoms. The highest BCUT2D eigenvalue weighted by Gasteiger charge is 2.32. The average Bonchev–Trinajstić information content (AvgIpc) is 3.29. The van der Waals surface area contributed by atoms with Gasteiger partial charge in [0.25, 0.3) is 0 Å². The third kappa shape index (κ3) is 7.72. The van der Waals surface area contributed by atoms with Crippen LogP contribution < -0.4 is 20.7 Å². The minimum Gasteiger partial charge on any atom is -0.488 e. The number of nitrogens with one attached hydrogen (secondary N) is 3. The zero-order chi connectivity index (χ0) is 30.4. The zero-order valence-electron chi connectivity index (χ0n) is 25.2. The maximum absolute atomic E-state index is 13.5. The summed E-state index contributed by atoms with van der Waals surface area (Å²) in [5, 5.41) is 22.6. The third-order valence-electron chi connectivity index (χ3n) is 8.18. The van der Waals surface area contributed by atoms with Crippen molar-refractivity contribution >= 4 is 29.3 Å². The van der Waals surface area contributed by atoms with Crippen LogP contribution in [0.1, 0.15) is 63.0 Å². The van der Waals surface area contributed by atoms with E-state index in [0.717, 1.165) is 25.7 Å². The van der Waals surface area contributed by atoms with E-state index in [2.05, 4.69) is 21.1 Å². The normalized spacial score (nSPS) is 20.3. The van der Waals surface area contributed by atoms with Crippen molar-refractivity contribution < 1.29 is 28.8 Å². The lowest BCUT2D eigenvalue weighted by Gasteiger charge is -2.34. The lowest BCUT2D eigenvalue weighted by Crippen LogP contribution is -2.48. The molecular formula is C30H44N6O6. The number of urea groups is 2. The average molecular weight is 585 g/mol. The highest BCUT2D eigenvalue weighted by atomic mass is 16.5. The molecule has 12 nitrogen and oxygen atoms in total. The van der Waals surface area contributed by atoms with Gasteiger partial charge < -0.3 is 40.1 Å². The highest BCUT2D eigenvalue weighted by Crippen LogP contribution is 2.29. The minimum absolute atomic E-state index is 0.0429. The largest absolute Gasteiger partial charge is 0.488 e. The second kappa shape index (κ2) is 13.9. The van der Waals surface area contributed by atoms with Crippen molar-refractivity contribution in [1.82, 2.24) is 20.3 Å². The fourth-order valence-corrected chi connectivity index (χ4v) is 5.54. The third-order valence-corrected chi connectivity index (χ3v) is 8.18. The summed E-state index contributed by atoms with van der Waals surface area (Å²) in [4.78, 5) is 42.4. The Labute approximate surface area is 247 Å². The number of hydrogen-bond donors (Lipinski definition) is 4. The molecule has 0 unspecified atom stereocenters. The molecule has 5 amide bonds. The molecule has 0 spiro atoms. The molecule has 2 aliphatic rings. The maximum Gasteiger partial charge on any atom is 0.321 e. The second-order valence-corrected chi connectivity index (χ2v) is 11.7. The summed E-state index contributed by atoms with van der Waals surface area (Å²) in [6, 6.07) is 4.42. The number of hydrogen-bond acceptors (Lipinski definition) is 7. The molecule has 3 atom stereocenters. The van der Waals surface area contributed by atoms with Crippen LogP contribution in [0, 0.1) is 19.8 Å². The zero-order valence-corrected chi connectivity index (χ0v) is 25.2. The molecule has 1 aromatic heterocycles. The van der Waals surface area contributed by atoms with Crippen molar-refractivity contribution in [3.63, 3.8) is 0 Å². The van der Waals surface area contributed by atoms with Crippen molar-refractivity contribution in [3.8, 4) is 5.75 Å². The van der Waals surface area contributed by atoms with Gasteiger partial charge in [-0.2, -0.15) is 0 Å². The first-order valence-electron chi connectivity index (χ1n) is 14.8. The number of aliphatic hydroxyl groups excluding tert-OH is 1. The van der Waals surface area contributed by atoms with E-state index in [4.69, 9.17) is 9.26 Å². The van der Waals surface area contributed by atoms with Crippen molar-refractivity contribution in [3.05, 3.63) is 35.2 Å². The Kier molecular flexibility index (Phi) is 10.3. The standard InChI is InChI=1S/C30H44N6O6/c1-18-15-36(19(2)17-37)27(38)14-22-13-24(32-29(39)31-23-9-7-6-8-10-23)11-12-25(22)41-26(18)16-35(5)30(40)33-28-20(3)34-42-21(28)4/h11-13,18-19,23,26,37H,6-10,14-17H2,1-5H3,(H,33,40)(H2,31,32,39)/t18-,19+,26+/m1/s1. The van der Waals surface area contributed by atoms with E-state index in [-0.39, 0.29) is 49.5 Å². The Morgan fingerprint density at radius 2 is 1.93 bits per heavy atom. The Morgan fingerprint density at radius 1 is 1.19 bits per heavy atom. The van der Waals surface area contributed by atoms with Gasteiger partial charge in [-0.25, -0.2) is 9.59 Å². The number of fused-ring (bicyclic) bond motifs is 1. The number of aliphatic hydroxyl groups is 1. The summed E-state index contributed by atoms with van der Waals surface area (Å²) < 4.78 is 11.7. The van der Waals surface area contributed by atoms with Crippen LogP contribution in [0.4, 0.5) is 21.0 Å². The second-order valence-electron chi connectivity index (χ2n) is 11.7. The summed E-state index contributed by atoms with van der Waals surface area (Å²) in [7, 11) is 1.67. The molecule has 0 radical (unpaired) electrons. The number of amides is 5. The summed E-state index contributed by atoms with van der Waals surface area (Å²) in [5.74, 6) is 0.695. The van der Waals surface area contributed by atoms with Gasteiger partial charge in [0, 0.05) is 36.8 Å². The molecule has 0 bridgehead atoms. The van der Waals surface area contributed by atoms with Gasteiger partial charge in [-0.3, -0.25) is 4.79 Å². The maximum atomic E-state index is 13.5. The molecule has 0 saturated heterocycles. The van der Waals surface area contributed by atoms with E-state index < -0.39 is 12.1 Å². The summed E-state index contributed by atoms with van der Waals surface area (Å²) in [5.41, 5.74) is 2.29. The van der Waals surface area contributed by atoms with Crippen LogP contribution in [0.5, 0.6) is 5.75 Å². The number of ether oxygens (including phenoxy) is 1. The van der Waals surface area contributed by atoms with E-state index in [1.807, 2.05) is 6.92 Å². The molecule has 1 saturated carbocycles. The van der Waals surface area contributed by atoms with Crippen molar-refractivity contribution in [2.75, 3.05) is 37.4 Å². The Hall–Kier alpha value is -3.80. The van der Waals surface area contributed by atoms with Crippen LogP contribution in [0.3, 0.4) is 0 Å². The van der Waals surface area contributed by atoms with Crippen LogP contribution in [0.2, 0.25) is 0 Å². The van der Waals surface area contributed by atoms with Gasteiger partial charge in [-0.1, -0.05) is 31.3 Å². The number of likely N-dealkylation sites (N-methyl/N-ethyl adjacent to an activating group) is 1. The Bertz CT molecular complexity index is 1240. The van der Waals surface area contributed by atoms with Gasteiger partial charge in [-0.05, 0) is 51.8 Å². The van der Waals surface area contributed by atoms with E-state index in [1.165, 1.54) is 11.3 Å². The highest BCUT2D eigenvalue weighted by molar-refractivity contribution is 5.91. The SMILES string of the molecule is Cc1noc(C)c1NC(=O)N(C)C[C@@H]1Oc2ccc(NC(=O)NC3CCCCC3)cc2CC(=O)N([C@@H](C)CO)C[C@H]1C. The Morgan fingerprint density at radius 3 is 2.60 bits per heavy atom. The molecule has 4 rings (SSSR count). The van der Waals surface area contributed by atoms with E-state index in [0.29, 0.717) is 40.7 Å². The van der Waals surface area contributed by atoms with Gasteiger partial charge in [0.2, 0.25) is 5.91 Å². The minimum atomic E-state index is -0.475. The molecule has 1 fully saturated rings. The van der Waals surface area contributed by atoms with Gasteiger partial charge >= 0.3 is 12.1 Å². The van der Waals surface area contributed by atoms with Gasteiger partial charge in [0.05, 0.1) is 25.6 Å². The molecular weight excluding hydrogens is 540 g/mol. The van der Waals surface area contributed by atoms with E-state index in [1.54, 1.807) is 50.9 Å². The van der Waals surface area contributed by atoms with Crippen molar-refractivity contribution in [2.45, 2.75) is 84.4 Å². The molecule has 2 aromatic rings. The van der Waals surface area contributed by atoms with Crippen LogP contribution >= 0.6 is 0 Å². The summed E-state index contributed by atoms with van der Waals surface area (Å²) in [6.07, 6.45) is 4.95. The topological polar surface area (TPSA) is 149 Å². The van der Waals surface area contributed by atoms with Gasteiger partial charge in [-0.15, -0.1) is 0 Å². The molecule has 230 valence electrons. The number of nitrogens with zero attached hydrogens (tertiary/aromatic N) is 3. The first kappa shape index (κ1) is 31.1. The summed E-state index contributed by atoms with van der Waals surface area (Å²) >= 11 is 0. The molecule has 4 N–H and O–H groups in total. The number of aryl methyl sites for hydroxylation is 2. The number of aromatic nitrogens is 1. The lowest BCUT2D eigenvalue weighted by molar-refractivity contribution is -0.134. The molecule has 2 heterocycles. The lowest BCUT2D eigenvalue weighted by atomic mass is 9.96. The van der Waals surface area contributed by atoms with Crippen LogP contribution in [0.15, 0.2) is 22.7 Å². The summed E-state index contributed by atoms with van der Waals surface area (Å²) in [6.45, 7) is 7.64. The molecule has 1 aliphatic carbocycles. The molecule has 1 aromatic carbocycles. The first-order chi connectivity index (χ1) is 20.0. The number of benzene rings is 1. The molecule has 1 aliphatic heterocycles. The van der Waals surface area contributed by atoms with E-state index >= 15 is 0 Å². The number of carbonyl (C=O) groups excluding carboxylic acids is 3.